The van der Waals surface area contributed by atoms with Gasteiger partial charge in [-0.05, 0) is 38.1 Å². The van der Waals surface area contributed by atoms with Gasteiger partial charge in [-0.3, -0.25) is 4.90 Å². The van der Waals surface area contributed by atoms with Crippen LogP contribution in [0, 0.1) is 0 Å². The Balaban J connectivity index is 1.80. The number of nitrogens with zero attached hydrogens (tertiary/aromatic N) is 4. The summed E-state index contributed by atoms with van der Waals surface area (Å²) in [5.74, 6) is 2.09. The summed E-state index contributed by atoms with van der Waals surface area (Å²) in [4.78, 5) is 13.9. The first kappa shape index (κ1) is 17.6. The van der Waals surface area contributed by atoms with Crippen LogP contribution in [0.4, 0.5) is 5.82 Å². The van der Waals surface area contributed by atoms with Crippen LogP contribution in [0.3, 0.4) is 0 Å². The molecule has 0 aliphatic carbocycles. The molecule has 0 spiro atoms. The Kier molecular flexibility index (Phi) is 5.69. The average molecular weight is 334 g/mol. The second-order valence-corrected chi connectivity index (χ2v) is 7.50. The Hall–Kier alpha value is -1.24. The highest BCUT2D eigenvalue weighted by molar-refractivity contribution is 5.41. The van der Waals surface area contributed by atoms with Gasteiger partial charge < -0.3 is 15.1 Å². The van der Waals surface area contributed by atoms with E-state index in [1.807, 2.05) is 0 Å². The number of hydrogen-bond acceptors (Lipinski definition) is 6. The van der Waals surface area contributed by atoms with E-state index < -0.39 is 0 Å². The molecule has 0 unspecified atom stereocenters. The maximum absolute atomic E-state index is 9.96. The standard InChI is InChI=1S/C18H30N4O2/c1-13(2)16-9-18(22-8-4-6-15(24)11-22)20-17(19-16)12-21-7-3-5-14(23)10-21/h9,13-15,23-24H,3-8,10-12H2,1-2H3/t14-,15-/m0/s1. The lowest BCUT2D eigenvalue weighted by Crippen LogP contribution is -2.40. The molecule has 6 heteroatoms. The van der Waals surface area contributed by atoms with Gasteiger partial charge in [0.25, 0.3) is 0 Å². The molecule has 2 aliphatic rings. The molecular formula is C18H30N4O2. The summed E-state index contributed by atoms with van der Waals surface area (Å²) in [7, 11) is 0. The SMILES string of the molecule is CC(C)c1cc(N2CCC[C@H](O)C2)nc(CN2CCC[C@H](O)C2)n1. The molecular weight excluding hydrogens is 304 g/mol. The Morgan fingerprint density at radius 3 is 2.46 bits per heavy atom. The van der Waals surface area contributed by atoms with Crippen molar-refractivity contribution in [3.8, 4) is 0 Å². The van der Waals surface area contributed by atoms with Crippen LogP contribution in [-0.4, -0.2) is 63.5 Å². The Morgan fingerprint density at radius 2 is 1.79 bits per heavy atom. The molecule has 3 heterocycles. The minimum absolute atomic E-state index is 0.233. The second kappa shape index (κ2) is 7.76. The molecule has 2 saturated heterocycles. The molecule has 1 aromatic heterocycles. The number of hydrogen-bond donors (Lipinski definition) is 2. The molecule has 0 radical (unpaired) electrons. The highest BCUT2D eigenvalue weighted by atomic mass is 16.3. The average Bonchev–Trinajstić information content (AvgIpc) is 2.54. The number of aromatic nitrogens is 2. The first-order chi connectivity index (χ1) is 11.5. The Bertz CT molecular complexity index is 552. The molecule has 1 aromatic rings. The fourth-order valence-electron chi connectivity index (χ4n) is 3.57. The van der Waals surface area contributed by atoms with Gasteiger partial charge in [-0.2, -0.15) is 0 Å². The molecule has 134 valence electrons. The summed E-state index contributed by atoms with van der Waals surface area (Å²) in [6.45, 7) is 8.25. The summed E-state index contributed by atoms with van der Waals surface area (Å²) >= 11 is 0. The lowest BCUT2D eigenvalue weighted by Gasteiger charge is -2.32. The molecule has 2 fully saturated rings. The Labute approximate surface area is 144 Å². The summed E-state index contributed by atoms with van der Waals surface area (Å²) < 4.78 is 0. The number of likely N-dealkylation sites (tertiary alicyclic amines) is 1. The van der Waals surface area contributed by atoms with Crippen LogP contribution >= 0.6 is 0 Å². The first-order valence-electron chi connectivity index (χ1n) is 9.22. The van der Waals surface area contributed by atoms with Gasteiger partial charge >= 0.3 is 0 Å². The van der Waals surface area contributed by atoms with Crippen molar-refractivity contribution in [3.63, 3.8) is 0 Å². The molecule has 0 aromatic carbocycles. The van der Waals surface area contributed by atoms with Crippen molar-refractivity contribution in [2.45, 2.75) is 64.2 Å². The van der Waals surface area contributed by atoms with Gasteiger partial charge in [-0.25, -0.2) is 9.97 Å². The Morgan fingerprint density at radius 1 is 1.08 bits per heavy atom. The van der Waals surface area contributed by atoms with Gasteiger partial charge in [-0.15, -0.1) is 0 Å². The third-order valence-corrected chi connectivity index (χ3v) is 4.94. The second-order valence-electron chi connectivity index (χ2n) is 7.50. The van der Waals surface area contributed by atoms with Crippen LogP contribution < -0.4 is 4.90 Å². The van der Waals surface area contributed by atoms with E-state index in [0.717, 1.165) is 56.1 Å². The predicted octanol–water partition coefficient (Wildman–Crippen LogP) is 1.52. The zero-order chi connectivity index (χ0) is 17.1. The van der Waals surface area contributed by atoms with Crippen LogP contribution in [0.25, 0.3) is 0 Å². The fourth-order valence-corrected chi connectivity index (χ4v) is 3.57. The third-order valence-electron chi connectivity index (χ3n) is 4.94. The van der Waals surface area contributed by atoms with Crippen LogP contribution in [-0.2, 0) is 6.54 Å². The zero-order valence-electron chi connectivity index (χ0n) is 14.9. The monoisotopic (exact) mass is 334 g/mol. The van der Waals surface area contributed by atoms with Crippen LogP contribution in [0.1, 0.15) is 57.0 Å². The largest absolute Gasteiger partial charge is 0.392 e. The molecule has 6 nitrogen and oxygen atoms in total. The maximum Gasteiger partial charge on any atom is 0.144 e. The minimum Gasteiger partial charge on any atom is -0.392 e. The molecule has 0 saturated carbocycles. The number of piperidine rings is 2. The number of β-amino-alcohol motifs (C(OH)–C–C–N with tert-alkyl or cyclic N) is 2. The number of aliphatic hydroxyl groups is 2. The van der Waals surface area contributed by atoms with Gasteiger partial charge in [-0.1, -0.05) is 13.8 Å². The number of aliphatic hydroxyl groups excluding tert-OH is 2. The van der Waals surface area contributed by atoms with Gasteiger partial charge in [0.15, 0.2) is 0 Å². The van der Waals surface area contributed by atoms with Gasteiger partial charge in [0, 0.05) is 31.4 Å². The van der Waals surface area contributed by atoms with Gasteiger partial charge in [0.05, 0.1) is 18.8 Å². The predicted molar refractivity (Wildman–Crippen MR) is 94.1 cm³/mol. The molecule has 2 atom stereocenters. The number of anilines is 1. The van der Waals surface area contributed by atoms with Crippen molar-refractivity contribution in [1.29, 1.82) is 0 Å². The molecule has 24 heavy (non-hydrogen) atoms. The van der Waals surface area contributed by atoms with Crippen molar-refractivity contribution < 1.29 is 10.2 Å². The van der Waals surface area contributed by atoms with E-state index in [1.54, 1.807) is 0 Å². The fraction of sp³-hybridized carbons (Fsp3) is 0.778. The topological polar surface area (TPSA) is 72.7 Å². The molecule has 2 N–H and O–H groups in total. The summed E-state index contributed by atoms with van der Waals surface area (Å²) in [5, 5.41) is 19.8. The van der Waals surface area contributed by atoms with Crippen molar-refractivity contribution in [2.75, 3.05) is 31.1 Å². The van der Waals surface area contributed by atoms with Gasteiger partial charge in [0.2, 0.25) is 0 Å². The van der Waals surface area contributed by atoms with Crippen molar-refractivity contribution >= 4 is 5.82 Å². The van der Waals surface area contributed by atoms with E-state index in [0.29, 0.717) is 25.6 Å². The minimum atomic E-state index is -0.267. The van der Waals surface area contributed by atoms with E-state index in [4.69, 9.17) is 9.97 Å². The summed E-state index contributed by atoms with van der Waals surface area (Å²) in [6.07, 6.45) is 3.28. The van der Waals surface area contributed by atoms with E-state index >= 15 is 0 Å². The molecule has 3 rings (SSSR count). The van der Waals surface area contributed by atoms with E-state index in [1.165, 1.54) is 0 Å². The third kappa shape index (κ3) is 4.43. The van der Waals surface area contributed by atoms with Crippen LogP contribution in [0.2, 0.25) is 0 Å². The smallest absolute Gasteiger partial charge is 0.144 e. The first-order valence-corrected chi connectivity index (χ1v) is 9.22. The lowest BCUT2D eigenvalue weighted by molar-refractivity contribution is 0.0654. The number of rotatable bonds is 4. The van der Waals surface area contributed by atoms with Gasteiger partial charge in [0.1, 0.15) is 11.6 Å². The van der Waals surface area contributed by atoms with E-state index in [2.05, 4.69) is 29.7 Å². The van der Waals surface area contributed by atoms with Crippen LogP contribution in [0.15, 0.2) is 6.07 Å². The highest BCUT2D eigenvalue weighted by Crippen LogP contribution is 2.23. The quantitative estimate of drug-likeness (QED) is 0.870. The van der Waals surface area contributed by atoms with Crippen LogP contribution in [0.5, 0.6) is 0 Å². The zero-order valence-corrected chi connectivity index (χ0v) is 14.9. The van der Waals surface area contributed by atoms with E-state index in [-0.39, 0.29) is 12.2 Å². The lowest BCUT2D eigenvalue weighted by atomic mass is 10.1. The highest BCUT2D eigenvalue weighted by Gasteiger charge is 2.22. The summed E-state index contributed by atoms with van der Waals surface area (Å²) in [6, 6.07) is 2.07. The molecule has 2 aliphatic heterocycles. The molecule has 0 amide bonds. The maximum atomic E-state index is 9.96. The molecule has 0 bridgehead atoms. The van der Waals surface area contributed by atoms with Crippen molar-refractivity contribution in [3.05, 3.63) is 17.6 Å². The van der Waals surface area contributed by atoms with Crippen molar-refractivity contribution in [2.24, 2.45) is 0 Å². The van der Waals surface area contributed by atoms with E-state index in [9.17, 15) is 10.2 Å². The summed E-state index contributed by atoms with van der Waals surface area (Å²) in [5.41, 5.74) is 1.05. The normalized spacial score (nSPS) is 26.1. The van der Waals surface area contributed by atoms with Crippen molar-refractivity contribution in [1.82, 2.24) is 14.9 Å².